The summed E-state index contributed by atoms with van der Waals surface area (Å²) in [5.74, 6) is 0. The zero-order valence-electron chi connectivity index (χ0n) is 25.4. The maximum absolute atomic E-state index is 6.87. The molecule has 0 amide bonds. The minimum atomic E-state index is -2.27. The summed E-state index contributed by atoms with van der Waals surface area (Å²) in [7, 11) is -6.15. The first-order chi connectivity index (χ1) is 14.5. The lowest BCUT2D eigenvalue weighted by molar-refractivity contribution is 0.238. The average Bonchev–Trinajstić information content (AvgIpc) is 2.58. The second kappa shape index (κ2) is 12.6. The predicted octanol–water partition coefficient (Wildman–Crippen LogP) is 7.16. The minimum absolute atomic E-state index is 1.04. The highest BCUT2D eigenvalue weighted by Crippen LogP contribution is 2.28. The van der Waals surface area contributed by atoms with Crippen LogP contribution in [0.4, 0.5) is 0 Å². The van der Waals surface area contributed by atoms with E-state index >= 15 is 0 Å². The van der Waals surface area contributed by atoms with E-state index in [9.17, 15) is 0 Å². The molecule has 0 radical (unpaired) electrons. The third-order valence-corrected chi connectivity index (χ3v) is 29.7. The molecule has 0 rings (SSSR count). The molecule has 0 aromatic carbocycles. The molecule has 33 heavy (non-hydrogen) atoms. The SMILES string of the molecule is CO[Si](C)(CCCN([Si](C)(C)C)[Si](C)(C)C)O[Si](C)(CCCN([Si](C)(C)C)[Si](C)(C)C)OC. The van der Waals surface area contributed by atoms with Gasteiger partial charge in [0, 0.05) is 14.2 Å². The van der Waals surface area contributed by atoms with Crippen LogP contribution in [0, 0.1) is 0 Å². The Morgan fingerprint density at radius 2 is 0.697 bits per heavy atom. The molecule has 0 heterocycles. The van der Waals surface area contributed by atoms with E-state index in [4.69, 9.17) is 13.0 Å². The summed E-state index contributed by atoms with van der Waals surface area (Å²) in [6, 6.07) is 2.08. The van der Waals surface area contributed by atoms with Gasteiger partial charge in [-0.3, -0.25) is 0 Å². The topological polar surface area (TPSA) is 34.2 Å². The van der Waals surface area contributed by atoms with E-state index in [0.717, 1.165) is 24.9 Å². The van der Waals surface area contributed by atoms with E-state index in [2.05, 4.69) is 100 Å². The smallest absolute Gasteiger partial charge is 0.325 e. The number of hydrogen-bond donors (Lipinski definition) is 0. The van der Waals surface area contributed by atoms with Gasteiger partial charge in [0.2, 0.25) is 0 Å². The molecular formula is C22H60N2O3Si6. The summed E-state index contributed by atoms with van der Waals surface area (Å²) in [6.45, 7) is 36.6. The van der Waals surface area contributed by atoms with Crippen LogP contribution in [0.15, 0.2) is 0 Å². The molecular weight excluding hydrogens is 509 g/mol. The van der Waals surface area contributed by atoms with Crippen LogP contribution in [0.2, 0.25) is 104 Å². The van der Waals surface area contributed by atoms with E-state index in [-0.39, 0.29) is 0 Å². The van der Waals surface area contributed by atoms with Crippen LogP contribution in [-0.4, -0.2) is 85.8 Å². The monoisotopic (exact) mass is 568 g/mol. The molecule has 0 aromatic rings. The van der Waals surface area contributed by atoms with Crippen molar-refractivity contribution >= 4 is 50.1 Å². The zero-order chi connectivity index (χ0) is 26.5. The molecule has 5 nitrogen and oxygen atoms in total. The highest BCUT2D eigenvalue weighted by atomic mass is 28.5. The van der Waals surface area contributed by atoms with Gasteiger partial charge < -0.3 is 21.4 Å². The normalized spacial score (nSPS) is 18.0. The van der Waals surface area contributed by atoms with Crippen molar-refractivity contribution in [3.8, 4) is 0 Å². The Kier molecular flexibility index (Phi) is 13.0. The lowest BCUT2D eigenvalue weighted by atomic mass is 10.5. The van der Waals surface area contributed by atoms with Gasteiger partial charge in [-0.2, -0.15) is 0 Å². The highest BCUT2D eigenvalue weighted by Gasteiger charge is 2.43. The predicted molar refractivity (Wildman–Crippen MR) is 164 cm³/mol. The first kappa shape index (κ1) is 34.1. The Morgan fingerprint density at radius 3 is 0.879 bits per heavy atom. The number of hydrogen-bond acceptors (Lipinski definition) is 5. The Balaban J connectivity index is 5.18. The lowest BCUT2D eigenvalue weighted by Gasteiger charge is -2.44. The summed E-state index contributed by atoms with van der Waals surface area (Å²) < 4.78 is 24.8. The quantitative estimate of drug-likeness (QED) is 0.184. The maximum Gasteiger partial charge on any atom is 0.325 e. The fraction of sp³-hybridized carbons (Fsp3) is 1.00. The third-order valence-electron chi connectivity index (χ3n) is 6.56. The first-order valence-corrected chi connectivity index (χ1v) is 31.7. The standard InChI is InChI=1S/C22H60N2O3Si6/c1-25-32(15,21-17-19-23(28(3,4)5)29(6,7)8)27-33(16,26-2)22-18-20-24(30(9,10)11)31(12,13)14/h17-22H2,1-16H3. The summed E-state index contributed by atoms with van der Waals surface area (Å²) in [5, 5.41) is 0. The van der Waals surface area contributed by atoms with Gasteiger partial charge in [-0.15, -0.1) is 0 Å². The molecule has 0 N–H and O–H groups in total. The molecule has 200 valence electrons. The molecule has 11 heteroatoms. The Hall–Kier alpha value is 1.10. The summed E-state index contributed by atoms with van der Waals surface area (Å²) in [4.78, 5) is 0. The molecule has 0 aliphatic heterocycles. The molecule has 0 spiro atoms. The van der Waals surface area contributed by atoms with Crippen LogP contribution in [0.5, 0.6) is 0 Å². The van der Waals surface area contributed by atoms with Crippen LogP contribution in [-0.2, 0) is 13.0 Å². The van der Waals surface area contributed by atoms with Gasteiger partial charge in [0.15, 0.2) is 0 Å². The van der Waals surface area contributed by atoms with Crippen molar-refractivity contribution in [1.29, 1.82) is 0 Å². The van der Waals surface area contributed by atoms with E-state index in [0.29, 0.717) is 0 Å². The number of nitrogens with zero attached hydrogens (tertiary/aromatic N) is 2. The minimum Gasteiger partial charge on any atom is -0.415 e. The second-order valence-corrected chi connectivity index (χ2v) is 41.6. The van der Waals surface area contributed by atoms with Gasteiger partial charge in [0.05, 0.1) is 0 Å². The Morgan fingerprint density at radius 1 is 0.455 bits per heavy atom. The molecule has 2 atom stereocenters. The van der Waals surface area contributed by atoms with Crippen molar-refractivity contribution in [2.24, 2.45) is 0 Å². The molecule has 2 unspecified atom stereocenters. The van der Waals surface area contributed by atoms with Crippen molar-refractivity contribution in [2.45, 2.75) is 117 Å². The average molecular weight is 569 g/mol. The van der Waals surface area contributed by atoms with Crippen LogP contribution < -0.4 is 0 Å². The van der Waals surface area contributed by atoms with E-state index in [1.165, 1.54) is 13.1 Å². The van der Waals surface area contributed by atoms with Gasteiger partial charge in [0.25, 0.3) is 0 Å². The zero-order valence-corrected chi connectivity index (χ0v) is 31.4. The van der Waals surface area contributed by atoms with Gasteiger partial charge in [-0.05, 0) is 51.1 Å². The van der Waals surface area contributed by atoms with Crippen LogP contribution in [0.1, 0.15) is 12.8 Å². The van der Waals surface area contributed by atoms with Crippen molar-refractivity contribution in [3.63, 3.8) is 0 Å². The largest absolute Gasteiger partial charge is 0.415 e. The van der Waals surface area contributed by atoms with Crippen LogP contribution >= 0.6 is 0 Å². The van der Waals surface area contributed by atoms with Crippen LogP contribution in [0.25, 0.3) is 0 Å². The Bertz CT molecular complexity index is 509. The summed E-state index contributed by atoms with van der Waals surface area (Å²) in [6.07, 6.45) is 2.30. The highest BCUT2D eigenvalue weighted by molar-refractivity contribution is 6.90. The summed E-state index contributed by atoms with van der Waals surface area (Å²) in [5.41, 5.74) is 0. The molecule has 0 saturated heterocycles. The Labute approximate surface area is 214 Å². The second-order valence-electron chi connectivity index (χ2n) is 14.0. The first-order valence-electron chi connectivity index (χ1n) is 12.9. The molecule has 0 aromatic heterocycles. The van der Waals surface area contributed by atoms with Gasteiger partial charge in [-0.1, -0.05) is 78.6 Å². The maximum atomic E-state index is 6.87. The van der Waals surface area contributed by atoms with Crippen molar-refractivity contribution in [1.82, 2.24) is 8.46 Å². The van der Waals surface area contributed by atoms with Crippen molar-refractivity contribution in [2.75, 3.05) is 27.3 Å². The molecule has 0 bridgehead atoms. The van der Waals surface area contributed by atoms with Crippen molar-refractivity contribution in [3.05, 3.63) is 0 Å². The fourth-order valence-corrected chi connectivity index (χ4v) is 31.9. The van der Waals surface area contributed by atoms with E-state index in [1.807, 2.05) is 14.2 Å². The van der Waals surface area contributed by atoms with Gasteiger partial charge >= 0.3 is 17.1 Å². The molecule has 0 aliphatic rings. The molecule has 0 fully saturated rings. The number of rotatable bonds is 16. The van der Waals surface area contributed by atoms with E-state index in [1.54, 1.807) is 0 Å². The van der Waals surface area contributed by atoms with Gasteiger partial charge in [0.1, 0.15) is 32.9 Å². The lowest BCUT2D eigenvalue weighted by Crippen LogP contribution is -2.60. The van der Waals surface area contributed by atoms with Crippen molar-refractivity contribution < 1.29 is 13.0 Å². The third kappa shape index (κ3) is 12.3. The fourth-order valence-electron chi connectivity index (χ4n) is 5.32. The van der Waals surface area contributed by atoms with Crippen LogP contribution in [0.3, 0.4) is 0 Å². The molecule has 0 aliphatic carbocycles. The van der Waals surface area contributed by atoms with E-state index < -0.39 is 50.1 Å². The van der Waals surface area contributed by atoms with Gasteiger partial charge in [-0.25, -0.2) is 0 Å². The summed E-state index contributed by atoms with van der Waals surface area (Å²) >= 11 is 0. The molecule has 0 saturated carbocycles.